The van der Waals surface area contributed by atoms with E-state index in [1.807, 2.05) is 86.9 Å². The second-order valence-corrected chi connectivity index (χ2v) is 34.5. The zero-order chi connectivity index (χ0) is 99.6. The van der Waals surface area contributed by atoms with Gasteiger partial charge in [-0.2, -0.15) is 39.5 Å². The van der Waals surface area contributed by atoms with Gasteiger partial charge in [0, 0.05) is 172 Å². The number of anilines is 7. The summed E-state index contributed by atoms with van der Waals surface area (Å²) in [6.07, 6.45) is 5.85. The second kappa shape index (κ2) is 39.8. The van der Waals surface area contributed by atoms with Crippen LogP contribution in [0.4, 0.5) is 80.2 Å². The monoisotopic (exact) mass is 1920 g/mol. The first-order valence-electron chi connectivity index (χ1n) is 45.0. The van der Waals surface area contributed by atoms with E-state index in [-0.39, 0.29) is 92.1 Å². The second-order valence-electron chi connectivity index (χ2n) is 34.5. The van der Waals surface area contributed by atoms with Gasteiger partial charge in [0.05, 0.1) is 68.0 Å². The van der Waals surface area contributed by atoms with Crippen molar-refractivity contribution in [2.24, 2.45) is 28.2 Å². The molecule has 0 bridgehead atoms. The number of benzene rings is 5. The van der Waals surface area contributed by atoms with Crippen LogP contribution in [0, 0.1) is 0 Å². The van der Waals surface area contributed by atoms with Gasteiger partial charge in [-0.3, -0.25) is 38.8 Å². The maximum absolute atomic E-state index is 13.0. The number of halogens is 9. The van der Waals surface area contributed by atoms with Crippen LogP contribution in [0.5, 0.6) is 0 Å². The molecule has 0 unspecified atom stereocenters. The van der Waals surface area contributed by atoms with Crippen LogP contribution in [0.3, 0.4) is 0 Å². The minimum absolute atomic E-state index is 0.0503. The van der Waals surface area contributed by atoms with Crippen molar-refractivity contribution >= 4 is 64.4 Å². The number of carbonyl (C=O) groups is 4. The number of pyridine rings is 3. The number of nitrogens with zero attached hydrogens (tertiary/aromatic N) is 23. The van der Waals surface area contributed by atoms with Gasteiger partial charge in [-0.05, 0) is 97.8 Å². The molecule has 0 saturated heterocycles. The number of hydrogen-bond acceptors (Lipinski definition) is 22. The number of imidazole rings is 4. The first-order valence-corrected chi connectivity index (χ1v) is 45.0. The Morgan fingerprint density at radius 2 is 0.709 bits per heavy atom. The lowest BCUT2D eigenvalue weighted by Crippen LogP contribution is -2.30. The van der Waals surface area contributed by atoms with E-state index in [1.54, 1.807) is 156 Å². The largest absolute Gasteiger partial charge is 0.434 e. The molecule has 0 spiro atoms. The van der Waals surface area contributed by atoms with E-state index in [1.165, 1.54) is 40.4 Å². The smallest absolute Gasteiger partial charge is 0.373 e. The lowest BCUT2D eigenvalue weighted by molar-refractivity contribution is -0.141. The molecule has 39 heteroatoms. The summed E-state index contributed by atoms with van der Waals surface area (Å²) >= 11 is 0. The number of hydrogen-bond donors (Lipinski definition) is 3. The van der Waals surface area contributed by atoms with E-state index >= 15 is 0 Å². The Kier molecular flexibility index (Phi) is 27.1. The molecule has 4 amide bonds. The van der Waals surface area contributed by atoms with Crippen molar-refractivity contribution in [3.05, 3.63) is 299 Å². The van der Waals surface area contributed by atoms with Crippen molar-refractivity contribution in [3.63, 3.8) is 0 Å². The number of carbonyl (C=O) groups excluding carboxylic acids is 4. The van der Waals surface area contributed by atoms with Crippen molar-refractivity contribution < 1.29 is 58.7 Å². The average Bonchev–Trinajstić information content (AvgIpc) is 1.64. The molecule has 4 aliphatic rings. The van der Waals surface area contributed by atoms with E-state index in [2.05, 4.69) is 126 Å². The molecule has 5 aromatic carbocycles. The Morgan fingerprint density at radius 3 is 1.09 bits per heavy atom. The standard InChI is InChI=1S/C27H27N5O.C26H24F3N7O.C25H22F3N7O.C24H20F3N7O/c1-17(2)22-7-5-6-8-23(22)25-29-16-21-15-24(33)32(27(21)30-25)18(3)19-9-11-20(12-10-19)26-28-13-14-31(26)4;1-15(2)32-22-19(5-4-10-30-22)23-31-12-18-11-21(37)36(25(18)34-23)13-16-6-8-17(9-7-16)24-33-20(14-35(24)3)26(27,28)29;1-3-29-21-18(5-4-10-30-21)22-31-12-17-11-20(36)35(24(17)33-22)13-15-6-8-16(9-7-15)23-32-19(14-34(23)2)25(26,27)28;1-28-20-17(4-3-9-29-20)21-30-11-16-10-19(35)34(23(16)32-21)12-14-5-7-15(8-6-14)22-31-18(13-33(22)2)24(25,26)27/h5-14,16-18H,15H2,1-4H3;4-10,12,14-15H,11,13H2,1-3H3,(H,30,32);4-10,12,14H,3,11,13H2,1-2H3,(H,29,30);3-9,11,13H,10,12H2,1-2H3,(H,28,29)/t18-;;;/m0.../s1. The maximum Gasteiger partial charge on any atom is 0.434 e. The highest BCUT2D eigenvalue weighted by atomic mass is 19.4. The van der Waals surface area contributed by atoms with Crippen molar-refractivity contribution in [1.29, 1.82) is 0 Å². The molecule has 1 atom stereocenters. The van der Waals surface area contributed by atoms with Crippen molar-refractivity contribution in [2.75, 3.05) is 49.1 Å². The van der Waals surface area contributed by atoms with E-state index in [0.29, 0.717) is 99.6 Å². The first kappa shape index (κ1) is 96.1. The summed E-state index contributed by atoms with van der Waals surface area (Å²) in [4.78, 5) is 124. The van der Waals surface area contributed by atoms with Crippen LogP contribution < -0.4 is 35.6 Å². The third kappa shape index (κ3) is 20.7. The minimum atomic E-state index is -4.51. The van der Waals surface area contributed by atoms with Crippen LogP contribution >= 0.6 is 0 Å². The van der Waals surface area contributed by atoms with Crippen LogP contribution in [0.25, 0.3) is 91.1 Å². The molecule has 15 heterocycles. The molecule has 718 valence electrons. The summed E-state index contributed by atoms with van der Waals surface area (Å²) in [7, 11) is 8.30. The van der Waals surface area contributed by atoms with Gasteiger partial charge in [0.25, 0.3) is 0 Å². The fraction of sp³-hybridized carbons (Fsp3) is 0.245. The molecule has 20 rings (SSSR count). The van der Waals surface area contributed by atoms with Crippen molar-refractivity contribution in [1.82, 2.24) is 93.0 Å². The van der Waals surface area contributed by atoms with Crippen LogP contribution in [0.2, 0.25) is 0 Å². The lowest BCUT2D eigenvalue weighted by atomic mass is 9.97. The summed E-state index contributed by atoms with van der Waals surface area (Å²) in [6.45, 7) is 13.9. The van der Waals surface area contributed by atoms with Gasteiger partial charge in [0.15, 0.2) is 40.4 Å². The molecule has 3 N–H and O–H groups in total. The third-order valence-electron chi connectivity index (χ3n) is 23.9. The molecule has 0 saturated carbocycles. The maximum atomic E-state index is 13.0. The summed E-state index contributed by atoms with van der Waals surface area (Å²) < 4.78 is 123. The number of fused-ring (bicyclic) bond motifs is 4. The van der Waals surface area contributed by atoms with E-state index in [4.69, 9.17) is 15.0 Å². The lowest BCUT2D eigenvalue weighted by Gasteiger charge is -2.25. The van der Waals surface area contributed by atoms with Gasteiger partial charge in [0.2, 0.25) is 23.6 Å². The van der Waals surface area contributed by atoms with Gasteiger partial charge in [-0.15, -0.1) is 0 Å². The van der Waals surface area contributed by atoms with Gasteiger partial charge in [-0.25, -0.2) is 74.8 Å². The number of rotatable bonds is 22. The highest BCUT2D eigenvalue weighted by Gasteiger charge is 2.41. The number of amides is 4. The molecule has 16 aromatic rings. The number of nitrogens with one attached hydrogen (secondary N) is 3. The summed E-state index contributed by atoms with van der Waals surface area (Å²) in [5.74, 6) is 7.95. The van der Waals surface area contributed by atoms with Crippen LogP contribution in [0.15, 0.2) is 232 Å². The molecule has 11 aromatic heterocycles. The van der Waals surface area contributed by atoms with Crippen LogP contribution in [0.1, 0.15) is 121 Å². The van der Waals surface area contributed by atoms with Crippen molar-refractivity contribution in [3.8, 4) is 91.1 Å². The predicted molar refractivity (Wildman–Crippen MR) is 514 cm³/mol. The Morgan fingerprint density at radius 1 is 0.362 bits per heavy atom. The summed E-state index contributed by atoms with van der Waals surface area (Å²) in [5, 5.41) is 9.50. The molecule has 0 aliphatic carbocycles. The molecular weight excluding hydrogens is 1820 g/mol. The minimum Gasteiger partial charge on any atom is -0.373 e. The molecule has 4 aliphatic heterocycles. The molecule has 141 heavy (non-hydrogen) atoms. The number of aromatic nitrogens is 19. The SMILES string of the molecule is CC(C)Nc1ncccc1-c1ncc2c(n1)N(Cc1ccc(-c3nc(C(F)(F)F)cn3C)cc1)C(=O)C2.CC(C)c1ccccc1-c1ncc2c(n1)N([C@@H](C)c1ccc(-c3nccn3C)cc1)C(=O)C2.CCNc1ncccc1-c1ncc2c(n1)N(Cc1ccc(-c3nc(C(F)(F)F)cn3C)cc1)C(=O)C2.CNc1ncccc1-c1ncc2c(n1)N(Cc1ccc(-c3nc(C(F)(F)F)cn3C)cc1)C(=O)C2. The predicted octanol–water partition coefficient (Wildman–Crippen LogP) is 18.8. The Balaban J connectivity index is 0.000000130. The molecular formula is C102H93F9N26O4. The Bertz CT molecular complexity index is 7360. The fourth-order valence-electron chi connectivity index (χ4n) is 16.9. The average molecular weight is 1920 g/mol. The third-order valence-corrected chi connectivity index (χ3v) is 23.9. The molecule has 30 nitrogen and oxygen atoms in total. The highest BCUT2D eigenvalue weighted by molar-refractivity contribution is 6.03. The van der Waals surface area contributed by atoms with E-state index in [9.17, 15) is 58.7 Å². The fourth-order valence-corrected chi connectivity index (χ4v) is 16.9. The normalized spacial score (nSPS) is 13.5. The molecule has 0 fully saturated rings. The first-order chi connectivity index (χ1) is 67.5. The van der Waals surface area contributed by atoms with E-state index in [0.717, 1.165) is 96.7 Å². The zero-order valence-corrected chi connectivity index (χ0v) is 78.1. The Hall–Kier alpha value is -16.6. The number of alkyl halides is 9. The summed E-state index contributed by atoms with van der Waals surface area (Å²) in [6, 6.07) is 48.3. The summed E-state index contributed by atoms with van der Waals surface area (Å²) in [5.41, 5.74) is 10.8. The molecule has 0 radical (unpaired) electrons. The van der Waals surface area contributed by atoms with Gasteiger partial charge < -0.3 is 34.2 Å². The quantitative estimate of drug-likeness (QED) is 0.0531. The van der Waals surface area contributed by atoms with Crippen LogP contribution in [-0.4, -0.2) is 136 Å². The van der Waals surface area contributed by atoms with Crippen LogP contribution in [-0.2, 0) is 111 Å². The topological polar surface area (TPSA) is 330 Å². The van der Waals surface area contributed by atoms with Gasteiger partial charge >= 0.3 is 18.5 Å². The van der Waals surface area contributed by atoms with E-state index < -0.39 is 35.6 Å². The Labute approximate surface area is 803 Å². The van der Waals surface area contributed by atoms with Crippen molar-refractivity contribution in [2.45, 2.75) is 123 Å². The van der Waals surface area contributed by atoms with Gasteiger partial charge in [0.1, 0.15) is 64.0 Å². The zero-order valence-electron chi connectivity index (χ0n) is 78.1. The number of aryl methyl sites for hydroxylation is 4. The highest BCUT2D eigenvalue weighted by Crippen LogP contribution is 2.42. The van der Waals surface area contributed by atoms with Gasteiger partial charge in [-0.1, -0.05) is 135 Å².